The van der Waals surface area contributed by atoms with Gasteiger partial charge in [-0.3, -0.25) is 4.79 Å². The Balaban J connectivity index is 2.15. The Labute approximate surface area is 108 Å². The van der Waals surface area contributed by atoms with Crippen molar-refractivity contribution in [3.05, 3.63) is 29.3 Å². The van der Waals surface area contributed by atoms with Gasteiger partial charge >= 0.3 is 0 Å². The van der Waals surface area contributed by atoms with E-state index in [1.807, 2.05) is 6.92 Å². The van der Waals surface area contributed by atoms with Crippen LogP contribution in [0.5, 0.6) is 0 Å². The van der Waals surface area contributed by atoms with Gasteiger partial charge in [0.1, 0.15) is 0 Å². The number of hydrogen-bond donors (Lipinski definition) is 2. The number of nitrogens with two attached hydrogens (primary N) is 1. The van der Waals surface area contributed by atoms with E-state index in [1.54, 1.807) is 0 Å². The number of amides is 1. The summed E-state index contributed by atoms with van der Waals surface area (Å²) in [5.41, 5.74) is 9.32. The average Bonchev–Trinajstić information content (AvgIpc) is 2.38. The summed E-state index contributed by atoms with van der Waals surface area (Å²) < 4.78 is 0. The molecule has 0 fully saturated rings. The molecule has 0 aromatic heterocycles. The van der Waals surface area contributed by atoms with Gasteiger partial charge in [0.15, 0.2) is 0 Å². The minimum absolute atomic E-state index is 0.0910. The highest BCUT2D eigenvalue weighted by molar-refractivity contribution is 5.81. The maximum Gasteiger partial charge on any atom is 0.239 e. The summed E-state index contributed by atoms with van der Waals surface area (Å²) in [4.78, 5) is 13.8. The Morgan fingerprint density at radius 3 is 3.06 bits per heavy atom. The lowest BCUT2D eigenvalue weighted by Crippen LogP contribution is -2.39. The van der Waals surface area contributed by atoms with E-state index in [0.717, 1.165) is 24.9 Å². The lowest BCUT2D eigenvalue weighted by atomic mass is 9.99. The van der Waals surface area contributed by atoms with Crippen LogP contribution >= 0.6 is 0 Å². The van der Waals surface area contributed by atoms with E-state index in [9.17, 15) is 4.79 Å². The van der Waals surface area contributed by atoms with Gasteiger partial charge in [0.2, 0.25) is 5.91 Å². The molecule has 2 rings (SSSR count). The number of rotatable bonds is 4. The zero-order valence-corrected chi connectivity index (χ0v) is 10.9. The highest BCUT2D eigenvalue weighted by atomic mass is 16.2. The molecule has 0 radical (unpaired) electrons. The molecule has 1 heterocycles. The van der Waals surface area contributed by atoms with Gasteiger partial charge in [-0.1, -0.05) is 12.1 Å². The molecule has 3 N–H and O–H groups in total. The average molecular weight is 247 g/mol. The first-order chi connectivity index (χ1) is 8.74. The van der Waals surface area contributed by atoms with Crippen molar-refractivity contribution in [1.82, 2.24) is 5.32 Å². The fourth-order valence-electron chi connectivity index (χ4n) is 2.45. The van der Waals surface area contributed by atoms with E-state index in [-0.39, 0.29) is 5.91 Å². The first kappa shape index (κ1) is 12.9. The van der Waals surface area contributed by atoms with E-state index in [2.05, 4.69) is 28.4 Å². The molecule has 0 saturated heterocycles. The maximum atomic E-state index is 11.7. The van der Waals surface area contributed by atoms with Crippen molar-refractivity contribution in [2.45, 2.75) is 26.3 Å². The third kappa shape index (κ3) is 2.82. The normalized spacial score (nSPS) is 14.2. The Bertz CT molecular complexity index is 431. The quantitative estimate of drug-likeness (QED) is 0.835. The molecule has 0 spiro atoms. The summed E-state index contributed by atoms with van der Waals surface area (Å²) in [5.74, 6) is 0.0910. The molecule has 1 aliphatic heterocycles. The van der Waals surface area contributed by atoms with Gasteiger partial charge in [0, 0.05) is 25.3 Å². The molecule has 0 aliphatic carbocycles. The third-order valence-electron chi connectivity index (χ3n) is 3.30. The minimum atomic E-state index is 0.0910. The summed E-state index contributed by atoms with van der Waals surface area (Å²) in [6, 6.07) is 6.31. The monoisotopic (exact) mass is 247 g/mol. The van der Waals surface area contributed by atoms with Crippen LogP contribution in [0.15, 0.2) is 18.2 Å². The third-order valence-corrected chi connectivity index (χ3v) is 3.30. The van der Waals surface area contributed by atoms with Crippen molar-refractivity contribution in [2.75, 3.05) is 24.5 Å². The number of anilines is 1. The molecule has 4 heteroatoms. The molecule has 0 bridgehead atoms. The number of aryl methyl sites for hydroxylation is 1. The molecule has 0 unspecified atom stereocenters. The van der Waals surface area contributed by atoms with Crippen LogP contribution in [0.1, 0.15) is 24.5 Å². The molecular formula is C14H21N3O. The predicted molar refractivity (Wildman–Crippen MR) is 73.6 cm³/mol. The first-order valence-corrected chi connectivity index (χ1v) is 6.58. The number of likely N-dealkylation sites (N-methyl/N-ethyl adjacent to an activating group) is 1. The van der Waals surface area contributed by atoms with E-state index in [4.69, 9.17) is 5.73 Å². The van der Waals surface area contributed by atoms with Crippen molar-refractivity contribution in [2.24, 2.45) is 5.73 Å². The summed E-state index contributed by atoms with van der Waals surface area (Å²) in [7, 11) is 0. The number of benzene rings is 1. The molecule has 0 atom stereocenters. The fraction of sp³-hybridized carbons (Fsp3) is 0.500. The molecule has 1 aliphatic rings. The lowest BCUT2D eigenvalue weighted by molar-refractivity contribution is -0.119. The Hall–Kier alpha value is -1.55. The van der Waals surface area contributed by atoms with Gasteiger partial charge in [-0.2, -0.15) is 0 Å². The minimum Gasteiger partial charge on any atom is -0.362 e. The van der Waals surface area contributed by atoms with Crippen LogP contribution in [0.25, 0.3) is 0 Å². The SMILES string of the molecule is CCNC(=O)CN1CCCc2cc(CN)ccc21. The number of hydrogen-bond acceptors (Lipinski definition) is 3. The first-order valence-electron chi connectivity index (χ1n) is 6.58. The van der Waals surface area contributed by atoms with Crippen LogP contribution in [-0.2, 0) is 17.8 Å². The summed E-state index contributed by atoms with van der Waals surface area (Å²) in [6.45, 7) is 4.60. The molecule has 1 aromatic rings. The van der Waals surface area contributed by atoms with Crippen LogP contribution in [0.2, 0.25) is 0 Å². The Morgan fingerprint density at radius 2 is 2.33 bits per heavy atom. The molecule has 4 nitrogen and oxygen atoms in total. The highest BCUT2D eigenvalue weighted by Crippen LogP contribution is 2.27. The maximum absolute atomic E-state index is 11.7. The molecule has 0 saturated carbocycles. The molecule has 1 aromatic carbocycles. The van der Waals surface area contributed by atoms with Crippen LogP contribution in [0, 0.1) is 0 Å². The van der Waals surface area contributed by atoms with Crippen molar-refractivity contribution >= 4 is 11.6 Å². The zero-order chi connectivity index (χ0) is 13.0. The smallest absolute Gasteiger partial charge is 0.239 e. The molecular weight excluding hydrogens is 226 g/mol. The topological polar surface area (TPSA) is 58.4 Å². The molecule has 1 amide bonds. The van der Waals surface area contributed by atoms with E-state index < -0.39 is 0 Å². The lowest BCUT2D eigenvalue weighted by Gasteiger charge is -2.31. The van der Waals surface area contributed by atoms with E-state index in [1.165, 1.54) is 11.3 Å². The fourth-order valence-corrected chi connectivity index (χ4v) is 2.45. The number of nitrogens with one attached hydrogen (secondary N) is 1. The van der Waals surface area contributed by atoms with Gasteiger partial charge in [-0.15, -0.1) is 0 Å². The second-order valence-electron chi connectivity index (χ2n) is 4.65. The summed E-state index contributed by atoms with van der Waals surface area (Å²) >= 11 is 0. The Kier molecular flexibility index (Phi) is 4.20. The Morgan fingerprint density at radius 1 is 1.50 bits per heavy atom. The number of carbonyl (C=O) groups is 1. The van der Waals surface area contributed by atoms with Gasteiger partial charge < -0.3 is 16.0 Å². The van der Waals surface area contributed by atoms with Crippen molar-refractivity contribution in [1.29, 1.82) is 0 Å². The standard InChI is InChI=1S/C14H21N3O/c1-2-16-14(18)10-17-7-3-4-12-8-11(9-15)5-6-13(12)17/h5-6,8H,2-4,7,9-10,15H2,1H3,(H,16,18). The van der Waals surface area contributed by atoms with Crippen molar-refractivity contribution < 1.29 is 4.79 Å². The number of carbonyl (C=O) groups excluding carboxylic acids is 1. The van der Waals surface area contributed by atoms with Crippen molar-refractivity contribution in [3.8, 4) is 0 Å². The van der Waals surface area contributed by atoms with Crippen molar-refractivity contribution in [3.63, 3.8) is 0 Å². The van der Waals surface area contributed by atoms with Crippen LogP contribution in [0.4, 0.5) is 5.69 Å². The van der Waals surface area contributed by atoms with E-state index in [0.29, 0.717) is 19.6 Å². The van der Waals surface area contributed by atoms with Gasteiger partial charge in [-0.25, -0.2) is 0 Å². The van der Waals surface area contributed by atoms with Crippen LogP contribution < -0.4 is 16.0 Å². The van der Waals surface area contributed by atoms with Crippen LogP contribution in [0.3, 0.4) is 0 Å². The summed E-state index contributed by atoms with van der Waals surface area (Å²) in [6.07, 6.45) is 2.18. The molecule has 98 valence electrons. The van der Waals surface area contributed by atoms with E-state index >= 15 is 0 Å². The second-order valence-corrected chi connectivity index (χ2v) is 4.65. The highest BCUT2D eigenvalue weighted by Gasteiger charge is 2.18. The number of fused-ring (bicyclic) bond motifs is 1. The largest absolute Gasteiger partial charge is 0.362 e. The van der Waals surface area contributed by atoms with Gasteiger partial charge in [0.05, 0.1) is 6.54 Å². The predicted octanol–water partition coefficient (Wildman–Crippen LogP) is 1.03. The van der Waals surface area contributed by atoms with Gasteiger partial charge in [-0.05, 0) is 37.0 Å². The van der Waals surface area contributed by atoms with Crippen LogP contribution in [-0.4, -0.2) is 25.5 Å². The van der Waals surface area contributed by atoms with Gasteiger partial charge in [0.25, 0.3) is 0 Å². The molecule has 18 heavy (non-hydrogen) atoms. The zero-order valence-electron chi connectivity index (χ0n) is 10.9. The summed E-state index contributed by atoms with van der Waals surface area (Å²) in [5, 5.41) is 2.85. The second kappa shape index (κ2) is 5.87. The number of nitrogens with zero attached hydrogens (tertiary/aromatic N) is 1.